The fourth-order valence-corrected chi connectivity index (χ4v) is 3.09. The molecule has 0 aliphatic carbocycles. The van der Waals surface area contributed by atoms with E-state index in [9.17, 15) is 10.1 Å². The van der Waals surface area contributed by atoms with Crippen LogP contribution in [-0.2, 0) is 4.79 Å². The summed E-state index contributed by atoms with van der Waals surface area (Å²) in [6, 6.07) is 18.6. The van der Waals surface area contributed by atoms with Gasteiger partial charge in [0.15, 0.2) is 0 Å². The van der Waals surface area contributed by atoms with E-state index >= 15 is 0 Å². The first-order valence-electron chi connectivity index (χ1n) is 9.14. The molecule has 1 saturated heterocycles. The second-order valence-electron chi connectivity index (χ2n) is 6.79. The number of likely N-dealkylation sites (tertiary alicyclic amines) is 1. The van der Waals surface area contributed by atoms with Crippen LogP contribution in [0.25, 0.3) is 0 Å². The monoisotopic (exact) mass is 361 g/mol. The summed E-state index contributed by atoms with van der Waals surface area (Å²) in [6.45, 7) is 3.95. The Morgan fingerprint density at radius 2 is 1.89 bits per heavy atom. The minimum Gasteiger partial charge on any atom is -0.457 e. The molecule has 138 valence electrons. The molecule has 0 spiro atoms. The van der Waals surface area contributed by atoms with E-state index in [0.717, 1.165) is 25.3 Å². The third-order valence-electron chi connectivity index (χ3n) is 4.46. The smallest absolute Gasteiger partial charge is 0.267 e. The van der Waals surface area contributed by atoms with Crippen LogP contribution in [0.4, 0.5) is 5.69 Å². The predicted octanol–water partition coefficient (Wildman–Crippen LogP) is 4.56. The number of para-hydroxylation sites is 1. The number of nitrogens with zero attached hydrogens (tertiary/aromatic N) is 2. The molecular weight excluding hydrogens is 338 g/mol. The summed E-state index contributed by atoms with van der Waals surface area (Å²) >= 11 is 0. The number of rotatable bonds is 5. The van der Waals surface area contributed by atoms with Gasteiger partial charge in [0.25, 0.3) is 5.91 Å². The summed E-state index contributed by atoms with van der Waals surface area (Å²) in [7, 11) is 0. The van der Waals surface area contributed by atoms with Crippen molar-refractivity contribution < 1.29 is 9.53 Å². The first kappa shape index (κ1) is 18.5. The molecule has 0 bridgehead atoms. The Morgan fingerprint density at radius 3 is 2.56 bits per heavy atom. The molecule has 5 heteroatoms. The Balaban J connectivity index is 1.61. The highest BCUT2D eigenvalue weighted by molar-refractivity contribution is 6.06. The van der Waals surface area contributed by atoms with Gasteiger partial charge in [-0.1, -0.05) is 25.1 Å². The van der Waals surface area contributed by atoms with Crippen LogP contribution in [-0.4, -0.2) is 23.9 Å². The first-order chi connectivity index (χ1) is 13.1. The maximum absolute atomic E-state index is 12.4. The molecule has 3 rings (SSSR count). The molecule has 1 atom stereocenters. The molecular formula is C22H23N3O2. The lowest BCUT2D eigenvalue weighted by Crippen LogP contribution is -2.31. The van der Waals surface area contributed by atoms with E-state index in [0.29, 0.717) is 17.4 Å². The van der Waals surface area contributed by atoms with Crippen molar-refractivity contribution in [3.05, 3.63) is 66.4 Å². The van der Waals surface area contributed by atoms with Crippen LogP contribution in [0.15, 0.2) is 66.4 Å². The van der Waals surface area contributed by atoms with Crippen LogP contribution < -0.4 is 10.1 Å². The van der Waals surface area contributed by atoms with Crippen molar-refractivity contribution in [2.45, 2.75) is 19.8 Å². The van der Waals surface area contributed by atoms with E-state index in [1.807, 2.05) is 36.4 Å². The zero-order chi connectivity index (χ0) is 19.1. The Bertz CT molecular complexity index is 838. The molecule has 1 aliphatic rings. The van der Waals surface area contributed by atoms with Crippen molar-refractivity contribution in [1.29, 1.82) is 5.26 Å². The van der Waals surface area contributed by atoms with Crippen molar-refractivity contribution in [2.24, 2.45) is 5.92 Å². The highest BCUT2D eigenvalue weighted by Crippen LogP contribution is 2.23. The van der Waals surface area contributed by atoms with Gasteiger partial charge >= 0.3 is 0 Å². The number of amides is 1. The molecule has 0 saturated carbocycles. The van der Waals surface area contributed by atoms with Crippen LogP contribution in [0.2, 0.25) is 0 Å². The molecule has 5 nitrogen and oxygen atoms in total. The van der Waals surface area contributed by atoms with Crippen molar-refractivity contribution in [3.63, 3.8) is 0 Å². The zero-order valence-electron chi connectivity index (χ0n) is 15.4. The predicted molar refractivity (Wildman–Crippen MR) is 105 cm³/mol. The highest BCUT2D eigenvalue weighted by Gasteiger charge is 2.17. The van der Waals surface area contributed by atoms with Gasteiger partial charge < -0.3 is 15.0 Å². The van der Waals surface area contributed by atoms with E-state index < -0.39 is 5.91 Å². The summed E-state index contributed by atoms with van der Waals surface area (Å²) in [4.78, 5) is 14.5. The molecule has 0 radical (unpaired) electrons. The van der Waals surface area contributed by atoms with Gasteiger partial charge in [-0.3, -0.25) is 4.79 Å². The highest BCUT2D eigenvalue weighted by atomic mass is 16.5. The molecule has 1 unspecified atom stereocenters. The zero-order valence-corrected chi connectivity index (χ0v) is 15.4. The first-order valence-corrected chi connectivity index (χ1v) is 9.14. The van der Waals surface area contributed by atoms with Crippen LogP contribution >= 0.6 is 0 Å². The molecule has 27 heavy (non-hydrogen) atoms. The number of nitrogens with one attached hydrogen (secondary N) is 1. The number of carbonyl (C=O) groups excluding carboxylic acids is 1. The lowest BCUT2D eigenvalue weighted by Gasteiger charge is -2.29. The molecule has 1 heterocycles. The summed E-state index contributed by atoms with van der Waals surface area (Å²) in [5, 5.41) is 12.1. The van der Waals surface area contributed by atoms with Gasteiger partial charge in [0.1, 0.15) is 23.1 Å². The van der Waals surface area contributed by atoms with Crippen molar-refractivity contribution in [1.82, 2.24) is 4.90 Å². The van der Waals surface area contributed by atoms with E-state index in [-0.39, 0.29) is 5.57 Å². The lowest BCUT2D eigenvalue weighted by atomic mass is 10.0. The SMILES string of the molecule is CC1CCCN(/C=C(/C#N)C(=O)Nc2ccc(Oc3ccccc3)cc2)C1. The number of carbonyl (C=O) groups is 1. The van der Waals surface area contributed by atoms with Crippen LogP contribution in [0, 0.1) is 17.2 Å². The Morgan fingerprint density at radius 1 is 1.19 bits per heavy atom. The number of benzene rings is 2. The fourth-order valence-electron chi connectivity index (χ4n) is 3.09. The maximum atomic E-state index is 12.4. The number of ether oxygens (including phenoxy) is 1. The van der Waals surface area contributed by atoms with Crippen molar-refractivity contribution in [2.75, 3.05) is 18.4 Å². The van der Waals surface area contributed by atoms with Gasteiger partial charge in [-0.05, 0) is 55.2 Å². The lowest BCUT2D eigenvalue weighted by molar-refractivity contribution is -0.112. The Hall–Kier alpha value is -3.26. The topological polar surface area (TPSA) is 65.4 Å². The van der Waals surface area contributed by atoms with Crippen LogP contribution in [0.1, 0.15) is 19.8 Å². The van der Waals surface area contributed by atoms with E-state index in [2.05, 4.69) is 17.1 Å². The van der Waals surface area contributed by atoms with Crippen LogP contribution in [0.3, 0.4) is 0 Å². The number of hydrogen-bond donors (Lipinski definition) is 1. The normalized spacial score (nSPS) is 17.1. The second kappa shape index (κ2) is 8.91. The standard InChI is InChI=1S/C22H23N3O2/c1-17-6-5-13-25(15-17)16-18(14-23)22(26)24-19-9-11-21(12-10-19)27-20-7-3-2-4-8-20/h2-4,7-12,16-17H,5-6,13,15H2,1H3,(H,24,26)/b18-16-. The fraction of sp³-hybridized carbons (Fsp3) is 0.273. The van der Waals surface area contributed by atoms with Gasteiger partial charge in [0.2, 0.25) is 0 Å². The van der Waals surface area contributed by atoms with Gasteiger partial charge in [-0.2, -0.15) is 5.26 Å². The average molecular weight is 361 g/mol. The molecule has 1 amide bonds. The summed E-state index contributed by atoms with van der Waals surface area (Å²) < 4.78 is 5.73. The molecule has 1 N–H and O–H groups in total. The Kier molecular flexibility index (Phi) is 6.11. The second-order valence-corrected chi connectivity index (χ2v) is 6.79. The Labute approximate surface area is 159 Å². The number of nitriles is 1. The minimum atomic E-state index is -0.396. The summed E-state index contributed by atoms with van der Waals surface area (Å²) in [5.74, 6) is 1.61. The third-order valence-corrected chi connectivity index (χ3v) is 4.46. The van der Waals surface area contributed by atoms with E-state index in [4.69, 9.17) is 4.74 Å². The minimum absolute atomic E-state index is 0.119. The summed E-state index contributed by atoms with van der Waals surface area (Å²) in [5.41, 5.74) is 0.738. The average Bonchev–Trinajstić information content (AvgIpc) is 2.68. The van der Waals surface area contributed by atoms with Gasteiger partial charge in [-0.25, -0.2) is 0 Å². The summed E-state index contributed by atoms with van der Waals surface area (Å²) in [6.07, 6.45) is 3.95. The number of anilines is 1. The third kappa shape index (κ3) is 5.35. The maximum Gasteiger partial charge on any atom is 0.267 e. The van der Waals surface area contributed by atoms with E-state index in [1.54, 1.807) is 30.5 Å². The molecule has 1 fully saturated rings. The van der Waals surface area contributed by atoms with Gasteiger partial charge in [0.05, 0.1) is 0 Å². The number of hydrogen-bond acceptors (Lipinski definition) is 4. The quantitative estimate of drug-likeness (QED) is 0.626. The number of piperidine rings is 1. The molecule has 0 aromatic heterocycles. The van der Waals surface area contributed by atoms with Gasteiger partial charge in [-0.15, -0.1) is 0 Å². The van der Waals surface area contributed by atoms with Gasteiger partial charge in [0, 0.05) is 25.0 Å². The molecule has 2 aromatic carbocycles. The molecule has 2 aromatic rings. The largest absolute Gasteiger partial charge is 0.457 e. The van der Waals surface area contributed by atoms with Crippen molar-refractivity contribution >= 4 is 11.6 Å². The van der Waals surface area contributed by atoms with E-state index in [1.165, 1.54) is 6.42 Å². The van der Waals surface area contributed by atoms with Crippen molar-refractivity contribution in [3.8, 4) is 17.6 Å². The molecule has 1 aliphatic heterocycles. The van der Waals surface area contributed by atoms with Crippen LogP contribution in [0.5, 0.6) is 11.5 Å².